The van der Waals surface area contributed by atoms with Crippen LogP contribution in [0.1, 0.15) is 0 Å². The fourth-order valence-corrected chi connectivity index (χ4v) is 1.62. The van der Waals surface area contributed by atoms with Crippen molar-refractivity contribution in [2.75, 3.05) is 12.4 Å². The largest absolute Gasteiger partial charge is 0.341 e. The van der Waals surface area contributed by atoms with Crippen LogP contribution < -0.4 is 15.8 Å². The first-order valence-electron chi connectivity index (χ1n) is 4.15. The highest BCUT2D eigenvalue weighted by Crippen LogP contribution is 2.18. The molecular formula is C8H10FN3O3S. The van der Waals surface area contributed by atoms with Gasteiger partial charge in [-0.3, -0.25) is 0 Å². The molecule has 1 rings (SSSR count). The van der Waals surface area contributed by atoms with Crippen LogP contribution in [0, 0.1) is 5.82 Å². The van der Waals surface area contributed by atoms with E-state index >= 15 is 0 Å². The topological polar surface area (TPSA) is 101 Å². The van der Waals surface area contributed by atoms with Gasteiger partial charge >= 0.3 is 6.03 Å². The van der Waals surface area contributed by atoms with Crippen LogP contribution in [-0.4, -0.2) is 21.5 Å². The summed E-state index contributed by atoms with van der Waals surface area (Å²) in [6.07, 6.45) is 0. The number of benzene rings is 1. The van der Waals surface area contributed by atoms with Crippen LogP contribution in [-0.2, 0) is 10.0 Å². The second-order valence-electron chi connectivity index (χ2n) is 2.89. The van der Waals surface area contributed by atoms with Gasteiger partial charge in [-0.25, -0.2) is 22.7 Å². The number of carbonyl (C=O) groups excluding carboxylic acids is 1. The van der Waals surface area contributed by atoms with Crippen LogP contribution in [0.4, 0.5) is 14.9 Å². The van der Waals surface area contributed by atoms with E-state index in [1.165, 1.54) is 13.1 Å². The molecule has 2 amide bonds. The van der Waals surface area contributed by atoms with Gasteiger partial charge in [0.1, 0.15) is 10.7 Å². The number of anilines is 1. The van der Waals surface area contributed by atoms with Crippen LogP contribution in [0.2, 0.25) is 0 Å². The van der Waals surface area contributed by atoms with Gasteiger partial charge in [0.15, 0.2) is 0 Å². The van der Waals surface area contributed by atoms with E-state index in [2.05, 4.69) is 10.6 Å². The molecule has 16 heavy (non-hydrogen) atoms. The van der Waals surface area contributed by atoms with Crippen molar-refractivity contribution in [3.05, 3.63) is 24.0 Å². The molecule has 0 aliphatic rings. The minimum Gasteiger partial charge on any atom is -0.341 e. The molecule has 0 radical (unpaired) electrons. The molecular weight excluding hydrogens is 237 g/mol. The molecule has 0 unspecified atom stereocenters. The first-order chi connectivity index (χ1) is 7.34. The van der Waals surface area contributed by atoms with Gasteiger partial charge in [-0.2, -0.15) is 0 Å². The molecule has 0 fully saturated rings. The number of sulfonamides is 1. The van der Waals surface area contributed by atoms with Crippen LogP contribution >= 0.6 is 0 Å². The summed E-state index contributed by atoms with van der Waals surface area (Å²) in [6, 6.07) is 2.52. The first-order valence-corrected chi connectivity index (χ1v) is 5.70. The minimum absolute atomic E-state index is 0.129. The van der Waals surface area contributed by atoms with Crippen molar-refractivity contribution in [1.29, 1.82) is 0 Å². The van der Waals surface area contributed by atoms with Gasteiger partial charge in [-0.05, 0) is 18.2 Å². The predicted molar refractivity (Wildman–Crippen MR) is 55.9 cm³/mol. The summed E-state index contributed by atoms with van der Waals surface area (Å²) in [4.78, 5) is 10.3. The highest BCUT2D eigenvalue weighted by Gasteiger charge is 2.15. The molecule has 0 aromatic heterocycles. The van der Waals surface area contributed by atoms with Crippen molar-refractivity contribution in [3.63, 3.8) is 0 Å². The Morgan fingerprint density at radius 2 is 2.06 bits per heavy atom. The van der Waals surface area contributed by atoms with E-state index in [9.17, 15) is 17.6 Å². The standard InChI is InChI=1S/C8H10FN3O3S/c1-11-8(13)12-5-2-3-6(9)7(4-5)16(10,14)15/h2-4H,1H3,(H2,10,14,15)(H2,11,12,13). The summed E-state index contributed by atoms with van der Waals surface area (Å²) >= 11 is 0. The molecule has 6 nitrogen and oxygen atoms in total. The van der Waals surface area contributed by atoms with E-state index in [4.69, 9.17) is 5.14 Å². The molecule has 0 bridgehead atoms. The Hall–Kier alpha value is -1.67. The summed E-state index contributed by atoms with van der Waals surface area (Å²) in [5.41, 5.74) is 0.129. The zero-order valence-corrected chi connectivity index (χ0v) is 9.14. The maximum absolute atomic E-state index is 13.1. The minimum atomic E-state index is -4.15. The number of hydrogen-bond donors (Lipinski definition) is 3. The average molecular weight is 247 g/mol. The van der Waals surface area contributed by atoms with Crippen molar-refractivity contribution in [3.8, 4) is 0 Å². The predicted octanol–water partition coefficient (Wildman–Crippen LogP) is 0.224. The van der Waals surface area contributed by atoms with E-state index in [1.54, 1.807) is 0 Å². The van der Waals surface area contributed by atoms with E-state index in [0.717, 1.165) is 12.1 Å². The molecule has 0 spiro atoms. The number of urea groups is 1. The lowest BCUT2D eigenvalue weighted by molar-refractivity contribution is 0.254. The van der Waals surface area contributed by atoms with Gasteiger partial charge in [0.25, 0.3) is 0 Å². The number of nitrogens with two attached hydrogens (primary N) is 1. The number of halogens is 1. The normalized spacial score (nSPS) is 10.9. The maximum atomic E-state index is 13.1. The summed E-state index contributed by atoms with van der Waals surface area (Å²) in [6.45, 7) is 0. The van der Waals surface area contributed by atoms with Gasteiger partial charge < -0.3 is 10.6 Å². The number of nitrogens with one attached hydrogen (secondary N) is 2. The quantitative estimate of drug-likeness (QED) is 0.696. The molecule has 1 aromatic rings. The van der Waals surface area contributed by atoms with E-state index < -0.39 is 26.8 Å². The molecule has 0 aliphatic carbocycles. The smallest absolute Gasteiger partial charge is 0.318 e. The molecule has 0 aliphatic heterocycles. The van der Waals surface area contributed by atoms with E-state index in [-0.39, 0.29) is 5.69 Å². The summed E-state index contributed by atoms with van der Waals surface area (Å²) in [5.74, 6) is -0.968. The Morgan fingerprint density at radius 3 is 2.56 bits per heavy atom. The summed E-state index contributed by atoms with van der Waals surface area (Å²) < 4.78 is 35.0. The third kappa shape index (κ3) is 2.91. The van der Waals surface area contributed by atoms with Gasteiger partial charge in [0.05, 0.1) is 0 Å². The highest BCUT2D eigenvalue weighted by atomic mass is 32.2. The third-order valence-corrected chi connectivity index (χ3v) is 2.65. The van der Waals surface area contributed by atoms with Gasteiger partial charge in [0, 0.05) is 12.7 Å². The van der Waals surface area contributed by atoms with Crippen molar-refractivity contribution in [1.82, 2.24) is 5.32 Å². The fraction of sp³-hybridized carbons (Fsp3) is 0.125. The molecule has 4 N–H and O–H groups in total. The maximum Gasteiger partial charge on any atom is 0.318 e. The van der Waals surface area contributed by atoms with Crippen LogP contribution in [0.5, 0.6) is 0 Å². The fourth-order valence-electron chi connectivity index (χ4n) is 0.993. The second kappa shape index (κ2) is 4.45. The Balaban J connectivity index is 3.13. The lowest BCUT2D eigenvalue weighted by Gasteiger charge is -2.06. The monoisotopic (exact) mass is 247 g/mol. The van der Waals surface area contributed by atoms with Gasteiger partial charge in [-0.15, -0.1) is 0 Å². The lowest BCUT2D eigenvalue weighted by atomic mass is 10.3. The summed E-state index contributed by atoms with van der Waals surface area (Å²) in [7, 11) is -2.76. The highest BCUT2D eigenvalue weighted by molar-refractivity contribution is 7.89. The first kappa shape index (κ1) is 12.4. The van der Waals surface area contributed by atoms with Crippen LogP contribution in [0.25, 0.3) is 0 Å². The second-order valence-corrected chi connectivity index (χ2v) is 4.42. The van der Waals surface area contributed by atoms with Crippen molar-refractivity contribution < 1.29 is 17.6 Å². The van der Waals surface area contributed by atoms with E-state index in [1.807, 2.05) is 0 Å². The zero-order valence-electron chi connectivity index (χ0n) is 8.32. The molecule has 1 aromatic carbocycles. The third-order valence-electron chi connectivity index (χ3n) is 1.72. The lowest BCUT2D eigenvalue weighted by Crippen LogP contribution is -2.24. The Bertz CT molecular complexity index is 515. The van der Waals surface area contributed by atoms with Crippen molar-refractivity contribution in [2.45, 2.75) is 4.90 Å². The van der Waals surface area contributed by atoms with Crippen molar-refractivity contribution >= 4 is 21.7 Å². The molecule has 0 atom stereocenters. The Labute approximate surface area is 91.7 Å². The SMILES string of the molecule is CNC(=O)Nc1ccc(F)c(S(N)(=O)=O)c1. The number of carbonyl (C=O) groups is 1. The van der Waals surface area contributed by atoms with E-state index in [0.29, 0.717) is 0 Å². The zero-order chi connectivity index (χ0) is 12.3. The molecule has 0 heterocycles. The van der Waals surface area contributed by atoms with Crippen LogP contribution in [0.15, 0.2) is 23.1 Å². The van der Waals surface area contributed by atoms with Crippen molar-refractivity contribution in [2.24, 2.45) is 5.14 Å². The molecule has 0 saturated heterocycles. The number of hydrogen-bond acceptors (Lipinski definition) is 3. The number of rotatable bonds is 2. The Morgan fingerprint density at radius 1 is 1.44 bits per heavy atom. The average Bonchev–Trinajstić information content (AvgIpc) is 2.19. The summed E-state index contributed by atoms with van der Waals surface area (Å²) in [5, 5.41) is 9.35. The molecule has 88 valence electrons. The number of amides is 2. The van der Waals surface area contributed by atoms with Gasteiger partial charge in [0.2, 0.25) is 10.0 Å². The molecule has 8 heteroatoms. The Kier molecular flexibility index (Phi) is 3.45. The number of primary sulfonamides is 1. The van der Waals surface area contributed by atoms with Gasteiger partial charge in [-0.1, -0.05) is 0 Å². The van der Waals surface area contributed by atoms with Crippen LogP contribution in [0.3, 0.4) is 0 Å². The molecule has 0 saturated carbocycles.